The molecule has 0 aromatic carbocycles. The predicted molar refractivity (Wildman–Crippen MR) is 78.6 cm³/mol. The number of carboxylic acids is 1. The summed E-state index contributed by atoms with van der Waals surface area (Å²) in [7, 11) is 0. The minimum atomic E-state index is -0.777. The highest BCUT2D eigenvalue weighted by Gasteiger charge is 2.45. The first-order valence-corrected chi connectivity index (χ1v) is 7.39. The van der Waals surface area contributed by atoms with Gasteiger partial charge in [-0.1, -0.05) is 26.3 Å². The van der Waals surface area contributed by atoms with Crippen molar-refractivity contribution in [3.8, 4) is 0 Å². The van der Waals surface area contributed by atoms with Crippen molar-refractivity contribution in [2.24, 2.45) is 5.41 Å². The molecule has 0 bridgehead atoms. The molecule has 1 unspecified atom stereocenters. The zero-order valence-electron chi connectivity index (χ0n) is 12.6. The monoisotopic (exact) mass is 282 g/mol. The Balaban J connectivity index is 2.76. The maximum Gasteiger partial charge on any atom is 0.320 e. The minimum absolute atomic E-state index is 0.0639. The number of rotatable bonds is 7. The number of aliphatic carboxylic acids is 1. The van der Waals surface area contributed by atoms with Gasteiger partial charge in [-0.25, -0.2) is 4.79 Å². The number of hydrogen-bond donors (Lipinski definition) is 1. The second kappa shape index (κ2) is 7.31. The van der Waals surface area contributed by atoms with Crippen LogP contribution in [0.15, 0.2) is 12.7 Å². The molecule has 1 aliphatic heterocycles. The summed E-state index contributed by atoms with van der Waals surface area (Å²) in [5, 5.41) is 9.47. The third-order valence-electron chi connectivity index (χ3n) is 3.92. The van der Waals surface area contributed by atoms with E-state index in [1.165, 1.54) is 0 Å². The summed E-state index contributed by atoms with van der Waals surface area (Å²) in [4.78, 5) is 27.4. The summed E-state index contributed by atoms with van der Waals surface area (Å²) in [6, 6.07) is -0.0639. The van der Waals surface area contributed by atoms with Crippen LogP contribution >= 0.6 is 0 Å². The van der Waals surface area contributed by atoms with Crippen LogP contribution in [0.25, 0.3) is 0 Å². The number of carbonyl (C=O) groups is 2. The molecule has 1 N–H and O–H groups in total. The normalized spacial score (nSPS) is 21.8. The fourth-order valence-corrected chi connectivity index (χ4v) is 2.89. The van der Waals surface area contributed by atoms with E-state index >= 15 is 0 Å². The number of urea groups is 1. The lowest BCUT2D eigenvalue weighted by Crippen LogP contribution is -2.44. The highest BCUT2D eigenvalue weighted by atomic mass is 16.4. The molecule has 0 radical (unpaired) electrons. The average molecular weight is 282 g/mol. The van der Waals surface area contributed by atoms with Gasteiger partial charge in [-0.05, 0) is 19.3 Å². The first-order chi connectivity index (χ1) is 9.50. The molecule has 5 heteroatoms. The van der Waals surface area contributed by atoms with E-state index in [0.717, 1.165) is 12.8 Å². The van der Waals surface area contributed by atoms with Crippen molar-refractivity contribution >= 4 is 12.0 Å². The van der Waals surface area contributed by atoms with Gasteiger partial charge in [0.2, 0.25) is 0 Å². The summed E-state index contributed by atoms with van der Waals surface area (Å²) in [5.41, 5.74) is -0.753. The quantitative estimate of drug-likeness (QED) is 0.730. The van der Waals surface area contributed by atoms with Gasteiger partial charge in [-0.2, -0.15) is 0 Å². The maximum absolute atomic E-state index is 12.5. The fraction of sp³-hybridized carbons (Fsp3) is 0.733. The van der Waals surface area contributed by atoms with Gasteiger partial charge in [0.1, 0.15) is 0 Å². The number of carbonyl (C=O) groups excluding carboxylic acids is 1. The molecule has 20 heavy (non-hydrogen) atoms. The Kier molecular flexibility index (Phi) is 6.05. The van der Waals surface area contributed by atoms with Crippen molar-refractivity contribution in [1.29, 1.82) is 0 Å². The number of amides is 2. The van der Waals surface area contributed by atoms with Gasteiger partial charge in [0.15, 0.2) is 0 Å². The van der Waals surface area contributed by atoms with Crippen LogP contribution in [0.1, 0.15) is 39.5 Å². The summed E-state index contributed by atoms with van der Waals surface area (Å²) < 4.78 is 0. The van der Waals surface area contributed by atoms with Crippen LogP contribution in [-0.2, 0) is 4.79 Å². The molecule has 0 aromatic rings. The molecule has 0 aromatic heterocycles. The summed E-state index contributed by atoms with van der Waals surface area (Å²) in [6.45, 7) is 9.72. The van der Waals surface area contributed by atoms with E-state index < -0.39 is 11.4 Å². The molecule has 1 atom stereocenters. The van der Waals surface area contributed by atoms with Gasteiger partial charge in [0.05, 0.1) is 5.41 Å². The lowest BCUT2D eigenvalue weighted by molar-refractivity contribution is -0.148. The number of carboxylic acid groups (broad SMARTS) is 1. The Morgan fingerprint density at radius 2 is 2.10 bits per heavy atom. The van der Waals surface area contributed by atoms with Crippen molar-refractivity contribution in [3.05, 3.63) is 12.7 Å². The highest BCUT2D eigenvalue weighted by Crippen LogP contribution is 2.36. The molecule has 0 saturated carbocycles. The molecular formula is C15H26N2O3. The Labute approximate surface area is 121 Å². The predicted octanol–water partition coefficient (Wildman–Crippen LogP) is 2.58. The molecule has 2 amide bonds. The lowest BCUT2D eigenvalue weighted by atomic mass is 9.83. The number of likely N-dealkylation sites (tertiary alicyclic amines) is 1. The molecular weight excluding hydrogens is 256 g/mol. The van der Waals surface area contributed by atoms with Crippen LogP contribution < -0.4 is 0 Å². The molecule has 0 aliphatic carbocycles. The van der Waals surface area contributed by atoms with E-state index in [9.17, 15) is 14.7 Å². The Morgan fingerprint density at radius 1 is 1.40 bits per heavy atom. The third kappa shape index (κ3) is 3.52. The summed E-state index contributed by atoms with van der Waals surface area (Å²) >= 11 is 0. The van der Waals surface area contributed by atoms with Crippen LogP contribution in [0.4, 0.5) is 4.79 Å². The zero-order chi connectivity index (χ0) is 15.2. The SMILES string of the molecule is C=CCN(CCC)C(=O)N1CCC(CCC)(C(=O)O)C1. The molecule has 5 nitrogen and oxygen atoms in total. The van der Waals surface area contributed by atoms with Crippen LogP contribution in [-0.4, -0.2) is 53.1 Å². The second-order valence-electron chi connectivity index (χ2n) is 5.52. The van der Waals surface area contributed by atoms with Crippen LogP contribution in [0, 0.1) is 5.41 Å². The van der Waals surface area contributed by atoms with Crippen molar-refractivity contribution in [2.75, 3.05) is 26.2 Å². The van der Waals surface area contributed by atoms with E-state index in [1.54, 1.807) is 15.9 Å². The van der Waals surface area contributed by atoms with Crippen molar-refractivity contribution < 1.29 is 14.7 Å². The van der Waals surface area contributed by atoms with Crippen LogP contribution in [0.5, 0.6) is 0 Å². The standard InChI is InChI=1S/C15H26N2O3/c1-4-7-15(13(18)19)8-11-17(12-15)14(20)16(9-5-2)10-6-3/h5H,2,4,6-12H2,1,3H3,(H,18,19). The zero-order valence-corrected chi connectivity index (χ0v) is 12.6. The van der Waals surface area contributed by atoms with Crippen LogP contribution in [0.2, 0.25) is 0 Å². The first-order valence-electron chi connectivity index (χ1n) is 7.39. The smallest absolute Gasteiger partial charge is 0.320 e. The van der Waals surface area contributed by atoms with E-state index in [-0.39, 0.29) is 6.03 Å². The third-order valence-corrected chi connectivity index (χ3v) is 3.92. The molecule has 1 heterocycles. The molecule has 1 aliphatic rings. The van der Waals surface area contributed by atoms with Crippen LogP contribution in [0.3, 0.4) is 0 Å². The van der Waals surface area contributed by atoms with E-state index in [1.807, 2.05) is 13.8 Å². The maximum atomic E-state index is 12.5. The highest BCUT2D eigenvalue weighted by molar-refractivity contribution is 5.80. The van der Waals surface area contributed by atoms with E-state index in [4.69, 9.17) is 0 Å². The Morgan fingerprint density at radius 3 is 2.60 bits per heavy atom. The first kappa shape index (κ1) is 16.5. The summed E-state index contributed by atoms with van der Waals surface area (Å²) in [6.07, 6.45) is 4.59. The van der Waals surface area contributed by atoms with Gasteiger partial charge < -0.3 is 14.9 Å². The topological polar surface area (TPSA) is 60.9 Å². The molecule has 0 spiro atoms. The molecule has 1 rings (SSSR count). The number of hydrogen-bond acceptors (Lipinski definition) is 2. The van der Waals surface area contributed by atoms with Gasteiger partial charge in [-0.15, -0.1) is 6.58 Å². The summed E-state index contributed by atoms with van der Waals surface area (Å²) in [5.74, 6) is -0.777. The number of nitrogens with zero attached hydrogens (tertiary/aromatic N) is 2. The van der Waals surface area contributed by atoms with Crippen molar-refractivity contribution in [1.82, 2.24) is 9.80 Å². The average Bonchev–Trinajstić information content (AvgIpc) is 2.84. The van der Waals surface area contributed by atoms with Gasteiger partial charge in [0, 0.05) is 26.2 Å². The van der Waals surface area contributed by atoms with Gasteiger partial charge >= 0.3 is 12.0 Å². The Hall–Kier alpha value is -1.52. The van der Waals surface area contributed by atoms with Gasteiger partial charge in [0.25, 0.3) is 0 Å². The minimum Gasteiger partial charge on any atom is -0.481 e. The largest absolute Gasteiger partial charge is 0.481 e. The van der Waals surface area contributed by atoms with Gasteiger partial charge in [-0.3, -0.25) is 4.79 Å². The second-order valence-corrected chi connectivity index (χ2v) is 5.52. The van der Waals surface area contributed by atoms with Crippen molar-refractivity contribution in [3.63, 3.8) is 0 Å². The molecule has 1 saturated heterocycles. The lowest BCUT2D eigenvalue weighted by Gasteiger charge is -2.29. The Bertz CT molecular complexity index is 370. The molecule has 1 fully saturated rings. The molecule has 114 valence electrons. The van der Waals surface area contributed by atoms with E-state index in [2.05, 4.69) is 6.58 Å². The van der Waals surface area contributed by atoms with Crippen molar-refractivity contribution in [2.45, 2.75) is 39.5 Å². The van der Waals surface area contributed by atoms with E-state index in [0.29, 0.717) is 39.0 Å². The fourth-order valence-electron chi connectivity index (χ4n) is 2.89.